The molecule has 0 aliphatic carbocycles. The van der Waals surface area contributed by atoms with Gasteiger partial charge in [-0.2, -0.15) is 4.98 Å². The van der Waals surface area contributed by atoms with E-state index in [0.717, 1.165) is 18.5 Å². The van der Waals surface area contributed by atoms with Gasteiger partial charge in [-0.25, -0.2) is 4.39 Å². The Hall–Kier alpha value is -1.75. The van der Waals surface area contributed by atoms with E-state index in [9.17, 15) is 4.39 Å². The van der Waals surface area contributed by atoms with E-state index in [1.54, 1.807) is 12.1 Å². The predicted octanol–water partition coefficient (Wildman–Crippen LogP) is 2.30. The predicted molar refractivity (Wildman–Crippen MR) is 65.5 cm³/mol. The maximum Gasteiger partial charge on any atom is 0.240 e. The molecule has 1 aromatic carbocycles. The van der Waals surface area contributed by atoms with E-state index in [1.165, 1.54) is 12.1 Å². The van der Waals surface area contributed by atoms with Crippen molar-refractivity contribution in [2.45, 2.75) is 26.3 Å². The van der Waals surface area contributed by atoms with Crippen molar-refractivity contribution < 1.29 is 8.91 Å². The third-order valence-corrected chi connectivity index (χ3v) is 2.49. The molecule has 0 aliphatic heterocycles. The van der Waals surface area contributed by atoms with Crippen LogP contribution in [0.2, 0.25) is 0 Å². The lowest BCUT2D eigenvalue weighted by molar-refractivity contribution is 0.363. The molecule has 4 nitrogen and oxygen atoms in total. The van der Waals surface area contributed by atoms with Crippen LogP contribution in [0, 0.1) is 5.82 Å². The highest BCUT2D eigenvalue weighted by Crippen LogP contribution is 2.08. The standard InChI is InChI=1S/C13H16FN3O/c1-2-7-15-9-13-16-12(17-18-13)8-10-3-5-11(14)6-4-10/h3-6,15H,2,7-9H2,1H3. The molecule has 5 heteroatoms. The summed E-state index contributed by atoms with van der Waals surface area (Å²) in [5, 5.41) is 7.08. The fraction of sp³-hybridized carbons (Fsp3) is 0.385. The summed E-state index contributed by atoms with van der Waals surface area (Å²) in [5.74, 6) is 0.965. The maximum absolute atomic E-state index is 12.7. The smallest absolute Gasteiger partial charge is 0.240 e. The minimum Gasteiger partial charge on any atom is -0.338 e. The summed E-state index contributed by atoms with van der Waals surface area (Å²) in [7, 11) is 0. The van der Waals surface area contributed by atoms with Gasteiger partial charge in [0.25, 0.3) is 0 Å². The Balaban J connectivity index is 1.91. The second-order valence-electron chi connectivity index (χ2n) is 4.08. The summed E-state index contributed by atoms with van der Waals surface area (Å²) in [6.45, 7) is 3.61. The second kappa shape index (κ2) is 6.26. The van der Waals surface area contributed by atoms with Gasteiger partial charge in [0.2, 0.25) is 5.89 Å². The van der Waals surface area contributed by atoms with E-state index in [4.69, 9.17) is 4.52 Å². The van der Waals surface area contributed by atoms with Crippen LogP contribution >= 0.6 is 0 Å². The first kappa shape index (κ1) is 12.7. The van der Waals surface area contributed by atoms with Gasteiger partial charge in [-0.15, -0.1) is 0 Å². The van der Waals surface area contributed by atoms with Crippen LogP contribution in [0.1, 0.15) is 30.6 Å². The van der Waals surface area contributed by atoms with Crippen molar-refractivity contribution in [2.75, 3.05) is 6.54 Å². The average Bonchev–Trinajstić information content (AvgIpc) is 2.80. The molecular weight excluding hydrogens is 233 g/mol. The highest BCUT2D eigenvalue weighted by molar-refractivity contribution is 5.19. The Kier molecular flexibility index (Phi) is 4.41. The van der Waals surface area contributed by atoms with Crippen molar-refractivity contribution in [3.05, 3.63) is 47.4 Å². The summed E-state index contributed by atoms with van der Waals surface area (Å²) in [6, 6.07) is 6.31. The summed E-state index contributed by atoms with van der Waals surface area (Å²) in [4.78, 5) is 4.27. The normalized spacial score (nSPS) is 10.8. The number of nitrogens with zero attached hydrogens (tertiary/aromatic N) is 2. The van der Waals surface area contributed by atoms with Crippen LogP contribution < -0.4 is 5.32 Å². The van der Waals surface area contributed by atoms with Gasteiger partial charge in [0.05, 0.1) is 6.54 Å². The fourth-order valence-electron chi connectivity index (χ4n) is 1.59. The molecule has 0 saturated carbocycles. The highest BCUT2D eigenvalue weighted by Gasteiger charge is 2.06. The van der Waals surface area contributed by atoms with Gasteiger partial charge in [0.1, 0.15) is 5.82 Å². The lowest BCUT2D eigenvalue weighted by atomic mass is 10.1. The molecule has 0 bridgehead atoms. The SMILES string of the molecule is CCCNCc1nc(Cc2ccc(F)cc2)no1. The zero-order valence-corrected chi connectivity index (χ0v) is 10.3. The van der Waals surface area contributed by atoms with E-state index in [1.807, 2.05) is 0 Å². The first-order valence-electron chi connectivity index (χ1n) is 6.04. The first-order valence-corrected chi connectivity index (χ1v) is 6.04. The molecule has 2 rings (SSSR count). The van der Waals surface area contributed by atoms with Gasteiger partial charge in [-0.05, 0) is 30.7 Å². The summed E-state index contributed by atoms with van der Waals surface area (Å²) in [6.07, 6.45) is 1.62. The van der Waals surface area contributed by atoms with Gasteiger partial charge in [-0.3, -0.25) is 0 Å². The summed E-state index contributed by atoms with van der Waals surface area (Å²) in [5.41, 5.74) is 0.963. The van der Waals surface area contributed by atoms with Crippen LogP contribution in [-0.2, 0) is 13.0 Å². The molecule has 1 heterocycles. The van der Waals surface area contributed by atoms with Crippen molar-refractivity contribution in [3.8, 4) is 0 Å². The third kappa shape index (κ3) is 3.63. The molecule has 0 amide bonds. The minimum absolute atomic E-state index is 0.240. The number of benzene rings is 1. The van der Waals surface area contributed by atoms with Crippen LogP contribution in [0.25, 0.3) is 0 Å². The van der Waals surface area contributed by atoms with Crippen molar-refractivity contribution in [1.82, 2.24) is 15.5 Å². The lowest BCUT2D eigenvalue weighted by Crippen LogP contribution is -2.13. The zero-order chi connectivity index (χ0) is 12.8. The van der Waals surface area contributed by atoms with Gasteiger partial charge in [0.15, 0.2) is 5.82 Å². The Labute approximate surface area is 105 Å². The van der Waals surface area contributed by atoms with Gasteiger partial charge in [0, 0.05) is 6.42 Å². The number of hydrogen-bond acceptors (Lipinski definition) is 4. The van der Waals surface area contributed by atoms with Crippen molar-refractivity contribution in [2.24, 2.45) is 0 Å². The van der Waals surface area contributed by atoms with Gasteiger partial charge < -0.3 is 9.84 Å². The van der Waals surface area contributed by atoms with Crippen LogP contribution in [0.3, 0.4) is 0 Å². The number of aromatic nitrogens is 2. The summed E-state index contributed by atoms with van der Waals surface area (Å²) >= 11 is 0. The maximum atomic E-state index is 12.7. The Bertz CT molecular complexity index is 481. The van der Waals surface area contributed by atoms with Crippen molar-refractivity contribution >= 4 is 0 Å². The number of nitrogens with one attached hydrogen (secondary N) is 1. The van der Waals surface area contributed by atoms with Crippen molar-refractivity contribution in [3.63, 3.8) is 0 Å². The fourth-order valence-corrected chi connectivity index (χ4v) is 1.59. The Morgan fingerprint density at radius 3 is 2.78 bits per heavy atom. The minimum atomic E-state index is -0.240. The van der Waals surface area contributed by atoms with E-state index in [0.29, 0.717) is 24.7 Å². The molecule has 0 unspecified atom stereocenters. The van der Waals surface area contributed by atoms with E-state index in [-0.39, 0.29) is 5.82 Å². The van der Waals surface area contributed by atoms with Crippen LogP contribution in [0.4, 0.5) is 4.39 Å². The average molecular weight is 249 g/mol. The quantitative estimate of drug-likeness (QED) is 0.798. The van der Waals surface area contributed by atoms with Crippen LogP contribution in [0.15, 0.2) is 28.8 Å². The molecule has 0 radical (unpaired) electrons. The molecule has 2 aromatic rings. The van der Waals surface area contributed by atoms with Crippen molar-refractivity contribution in [1.29, 1.82) is 0 Å². The summed E-state index contributed by atoms with van der Waals surface area (Å²) < 4.78 is 17.9. The largest absolute Gasteiger partial charge is 0.338 e. The van der Waals surface area contributed by atoms with E-state index >= 15 is 0 Å². The Morgan fingerprint density at radius 2 is 2.06 bits per heavy atom. The first-order chi connectivity index (χ1) is 8.78. The molecule has 0 fully saturated rings. The Morgan fingerprint density at radius 1 is 1.28 bits per heavy atom. The molecule has 0 aliphatic rings. The van der Waals surface area contributed by atoms with Gasteiger partial charge >= 0.3 is 0 Å². The van der Waals surface area contributed by atoms with Gasteiger partial charge in [-0.1, -0.05) is 24.2 Å². The molecule has 0 atom stereocenters. The van der Waals surface area contributed by atoms with E-state index in [2.05, 4.69) is 22.4 Å². The number of halogens is 1. The second-order valence-corrected chi connectivity index (χ2v) is 4.08. The van der Waals surface area contributed by atoms with Crippen LogP contribution in [-0.4, -0.2) is 16.7 Å². The molecular formula is C13H16FN3O. The highest BCUT2D eigenvalue weighted by atomic mass is 19.1. The lowest BCUT2D eigenvalue weighted by Gasteiger charge is -1.96. The number of hydrogen-bond donors (Lipinski definition) is 1. The third-order valence-electron chi connectivity index (χ3n) is 2.49. The molecule has 18 heavy (non-hydrogen) atoms. The topological polar surface area (TPSA) is 51.0 Å². The van der Waals surface area contributed by atoms with E-state index < -0.39 is 0 Å². The molecule has 1 N–H and O–H groups in total. The number of rotatable bonds is 6. The van der Waals surface area contributed by atoms with Crippen LogP contribution in [0.5, 0.6) is 0 Å². The zero-order valence-electron chi connectivity index (χ0n) is 10.3. The molecule has 1 aromatic heterocycles. The molecule has 96 valence electrons. The molecule has 0 spiro atoms. The molecule has 0 saturated heterocycles. The monoisotopic (exact) mass is 249 g/mol.